The number of hydrogen-bond acceptors (Lipinski definition) is 7. The molecule has 0 atom stereocenters. The van der Waals surface area contributed by atoms with Crippen LogP contribution >= 0.6 is 0 Å². The number of anilines is 12. The highest BCUT2D eigenvalue weighted by Crippen LogP contribution is 2.55. The first-order chi connectivity index (χ1) is 31.8. The Hall–Kier alpha value is -8.81. The summed E-state index contributed by atoms with van der Waals surface area (Å²) in [4.78, 5) is 24.6. The molecule has 12 rings (SSSR count). The molecule has 0 amide bonds. The van der Waals surface area contributed by atoms with Crippen LogP contribution in [0.1, 0.15) is 0 Å². The Morgan fingerprint density at radius 2 is 0.391 bits per heavy atom. The third kappa shape index (κ3) is 6.34. The molecule has 0 saturated carbocycles. The van der Waals surface area contributed by atoms with Crippen molar-refractivity contribution in [2.24, 2.45) is 0 Å². The van der Waals surface area contributed by atoms with Gasteiger partial charge in [0.2, 0.25) is 0 Å². The molecule has 302 valence electrons. The van der Waals surface area contributed by atoms with Gasteiger partial charge in [-0.2, -0.15) is 0 Å². The fourth-order valence-electron chi connectivity index (χ4n) is 9.02. The van der Waals surface area contributed by atoms with Gasteiger partial charge in [-0.25, -0.2) is 15.0 Å². The second-order valence-corrected chi connectivity index (χ2v) is 15.7. The number of para-hydroxylation sites is 10. The minimum Gasteiger partial charge on any atom is -0.306 e. The van der Waals surface area contributed by atoms with Crippen LogP contribution in [-0.4, -0.2) is 15.0 Å². The van der Waals surface area contributed by atoms with Crippen molar-refractivity contribution < 1.29 is 0 Å². The number of rotatable bonds is 7. The zero-order chi connectivity index (χ0) is 42.4. The Morgan fingerprint density at radius 3 is 0.656 bits per heavy atom. The van der Waals surface area contributed by atoms with E-state index in [1.807, 2.05) is 30.3 Å². The highest BCUT2D eigenvalue weighted by molar-refractivity contribution is 6.03. The summed E-state index contributed by atoms with van der Waals surface area (Å²) in [6.07, 6.45) is 0. The minimum atomic E-state index is 0.606. The molecule has 0 spiro atoms. The van der Waals surface area contributed by atoms with Crippen molar-refractivity contribution in [2.75, 3.05) is 19.6 Å². The molecule has 0 unspecified atom stereocenters. The minimum absolute atomic E-state index is 0.606. The van der Waals surface area contributed by atoms with Crippen molar-refractivity contribution in [3.8, 4) is 34.2 Å². The second kappa shape index (κ2) is 15.6. The monoisotopic (exact) mass is 821 g/mol. The van der Waals surface area contributed by atoms with Crippen molar-refractivity contribution >= 4 is 68.2 Å². The number of nitrogens with zero attached hydrogens (tertiary/aromatic N) is 7. The summed E-state index contributed by atoms with van der Waals surface area (Å²) in [7, 11) is 0. The van der Waals surface area contributed by atoms with Crippen molar-refractivity contribution in [2.45, 2.75) is 0 Å². The Kier molecular flexibility index (Phi) is 9.01. The van der Waals surface area contributed by atoms with Crippen LogP contribution in [0, 0.1) is 0 Å². The predicted octanol–water partition coefficient (Wildman–Crippen LogP) is 15.4. The fraction of sp³-hybridized carbons (Fsp3) is 0. The number of hydrogen-bond donors (Lipinski definition) is 0. The van der Waals surface area contributed by atoms with Crippen LogP contribution in [0.5, 0.6) is 0 Å². The highest BCUT2D eigenvalue weighted by atomic mass is 15.3. The van der Waals surface area contributed by atoms with E-state index in [9.17, 15) is 0 Å². The number of benzene rings is 9. The Balaban J connectivity index is 0.916. The molecule has 0 bridgehead atoms. The van der Waals surface area contributed by atoms with Crippen molar-refractivity contribution in [3.63, 3.8) is 0 Å². The lowest BCUT2D eigenvalue weighted by atomic mass is 10.0. The average Bonchev–Trinajstić information content (AvgIpc) is 3.38. The lowest BCUT2D eigenvalue weighted by Gasteiger charge is -2.40. The van der Waals surface area contributed by atoms with Crippen molar-refractivity contribution in [3.05, 3.63) is 237 Å². The van der Waals surface area contributed by atoms with Gasteiger partial charge in [0, 0.05) is 39.4 Å². The molecule has 10 aromatic rings. The summed E-state index contributed by atoms with van der Waals surface area (Å²) < 4.78 is 0. The van der Waals surface area contributed by atoms with Crippen LogP contribution in [0.4, 0.5) is 68.2 Å². The topological polar surface area (TPSA) is 51.6 Å². The lowest BCUT2D eigenvalue weighted by Crippen LogP contribution is -2.23. The quantitative estimate of drug-likeness (QED) is 0.159. The largest absolute Gasteiger partial charge is 0.306 e. The summed E-state index contributed by atoms with van der Waals surface area (Å²) in [6, 6.07) is 82.7. The van der Waals surface area contributed by atoms with Gasteiger partial charge in [0.1, 0.15) is 0 Å². The molecule has 0 saturated heterocycles. The van der Waals surface area contributed by atoms with Gasteiger partial charge in [0.05, 0.1) is 45.5 Å². The summed E-state index contributed by atoms with van der Waals surface area (Å²) in [5, 5.41) is 0. The molecule has 2 aliphatic rings. The Labute approximate surface area is 372 Å². The maximum atomic E-state index is 5.15. The number of aromatic nitrogens is 3. The third-order valence-corrected chi connectivity index (χ3v) is 11.9. The molecule has 7 heteroatoms. The SMILES string of the molecule is c1ccc(-c2nc(-c3ccc(N4c5ccccc5N(c5ccccc5)c5ccccc54)cc3)nc(-c3ccc(N4c5ccccc5N(c5ccccc5)c5ccccc54)cc3)n2)cc1. The molecule has 0 radical (unpaired) electrons. The molecular weight excluding hydrogens is 783 g/mol. The Morgan fingerprint density at radius 1 is 0.188 bits per heavy atom. The van der Waals surface area contributed by atoms with E-state index in [1.165, 1.54) is 0 Å². The summed E-state index contributed by atoms with van der Waals surface area (Å²) in [6.45, 7) is 0. The molecule has 64 heavy (non-hydrogen) atoms. The lowest BCUT2D eigenvalue weighted by molar-refractivity contribution is 1.07. The molecule has 3 heterocycles. The van der Waals surface area contributed by atoms with Gasteiger partial charge in [0.15, 0.2) is 17.5 Å². The highest BCUT2D eigenvalue weighted by Gasteiger charge is 2.32. The van der Waals surface area contributed by atoms with E-state index in [-0.39, 0.29) is 0 Å². The van der Waals surface area contributed by atoms with Gasteiger partial charge in [0.25, 0.3) is 0 Å². The van der Waals surface area contributed by atoms with E-state index in [0.717, 1.165) is 84.9 Å². The molecule has 0 fully saturated rings. The summed E-state index contributed by atoms with van der Waals surface area (Å²) in [5.74, 6) is 1.83. The Bertz CT molecular complexity index is 2990. The average molecular weight is 822 g/mol. The van der Waals surface area contributed by atoms with Crippen molar-refractivity contribution in [1.82, 2.24) is 15.0 Å². The van der Waals surface area contributed by atoms with E-state index in [0.29, 0.717) is 17.5 Å². The van der Waals surface area contributed by atoms with Gasteiger partial charge < -0.3 is 19.6 Å². The van der Waals surface area contributed by atoms with Gasteiger partial charge in [-0.05, 0) is 121 Å². The zero-order valence-corrected chi connectivity index (χ0v) is 34.6. The first kappa shape index (κ1) is 37.0. The fourth-order valence-corrected chi connectivity index (χ4v) is 9.02. The second-order valence-electron chi connectivity index (χ2n) is 15.7. The first-order valence-corrected chi connectivity index (χ1v) is 21.5. The number of fused-ring (bicyclic) bond motifs is 4. The van der Waals surface area contributed by atoms with Gasteiger partial charge in [-0.1, -0.05) is 115 Å². The summed E-state index contributed by atoms with van der Waals surface area (Å²) in [5.41, 5.74) is 15.9. The van der Waals surface area contributed by atoms with Crippen LogP contribution in [-0.2, 0) is 0 Å². The molecule has 2 aliphatic heterocycles. The van der Waals surface area contributed by atoms with Crippen LogP contribution in [0.25, 0.3) is 34.2 Å². The smallest absolute Gasteiger partial charge is 0.164 e. The van der Waals surface area contributed by atoms with Crippen LogP contribution in [0.15, 0.2) is 237 Å². The van der Waals surface area contributed by atoms with E-state index in [2.05, 4.69) is 226 Å². The van der Waals surface area contributed by atoms with Gasteiger partial charge in [-0.15, -0.1) is 0 Å². The van der Waals surface area contributed by atoms with E-state index < -0.39 is 0 Å². The normalized spacial score (nSPS) is 12.6. The molecule has 0 aliphatic carbocycles. The van der Waals surface area contributed by atoms with Crippen molar-refractivity contribution in [1.29, 1.82) is 0 Å². The molecule has 0 N–H and O–H groups in total. The predicted molar refractivity (Wildman–Crippen MR) is 262 cm³/mol. The van der Waals surface area contributed by atoms with Gasteiger partial charge in [-0.3, -0.25) is 0 Å². The molecule has 1 aromatic heterocycles. The third-order valence-electron chi connectivity index (χ3n) is 11.9. The molecule has 7 nitrogen and oxygen atoms in total. The maximum absolute atomic E-state index is 5.15. The molecular formula is C57H39N7. The maximum Gasteiger partial charge on any atom is 0.164 e. The standard InChI is InChI=1S/C57H39N7/c1-4-18-40(19-5-1)55-58-56(41-32-36-45(37-33-41)63-51-28-14-10-24-47(51)61(43-20-6-2-7-21-43)48-25-11-15-29-52(48)63)60-57(59-55)42-34-38-46(39-35-42)64-53-30-16-12-26-49(53)62(44-22-8-3-9-23-44)50-27-13-17-31-54(50)64/h1-39H. The van der Waals surface area contributed by atoms with E-state index >= 15 is 0 Å². The zero-order valence-electron chi connectivity index (χ0n) is 34.6. The van der Waals surface area contributed by atoms with Crippen LogP contribution in [0.3, 0.4) is 0 Å². The molecule has 9 aromatic carbocycles. The van der Waals surface area contributed by atoms with Gasteiger partial charge >= 0.3 is 0 Å². The van der Waals surface area contributed by atoms with E-state index in [1.54, 1.807) is 0 Å². The van der Waals surface area contributed by atoms with Crippen LogP contribution in [0.2, 0.25) is 0 Å². The summed E-state index contributed by atoms with van der Waals surface area (Å²) >= 11 is 0. The van der Waals surface area contributed by atoms with Crippen LogP contribution < -0.4 is 19.6 Å². The first-order valence-electron chi connectivity index (χ1n) is 21.5. The van der Waals surface area contributed by atoms with E-state index in [4.69, 9.17) is 15.0 Å².